The quantitative estimate of drug-likeness (QED) is 0.586. The lowest BCUT2D eigenvalue weighted by Gasteiger charge is -2.26. The molecule has 1 atom stereocenters. The molecule has 126 valence electrons. The maximum Gasteiger partial charge on any atom is 0.146 e. The monoisotopic (exact) mass is 331 g/mol. The minimum atomic E-state index is -0.0676. The Morgan fingerprint density at radius 3 is 2.68 bits per heavy atom. The van der Waals surface area contributed by atoms with E-state index < -0.39 is 0 Å². The van der Waals surface area contributed by atoms with E-state index in [1.165, 1.54) is 10.9 Å². The van der Waals surface area contributed by atoms with E-state index >= 15 is 0 Å². The molecule has 2 heterocycles. The molecule has 4 aromatic rings. The van der Waals surface area contributed by atoms with E-state index in [0.29, 0.717) is 5.52 Å². The summed E-state index contributed by atoms with van der Waals surface area (Å²) in [7, 11) is 4.06. The van der Waals surface area contributed by atoms with Crippen LogP contribution in [-0.2, 0) is 0 Å². The number of para-hydroxylation sites is 1. The Kier molecular flexibility index (Phi) is 3.70. The summed E-state index contributed by atoms with van der Waals surface area (Å²) >= 11 is 0. The van der Waals surface area contributed by atoms with Crippen LogP contribution in [-0.4, -0.2) is 34.1 Å². The van der Waals surface area contributed by atoms with E-state index in [0.717, 1.165) is 22.0 Å². The minimum absolute atomic E-state index is 0.0676. The van der Waals surface area contributed by atoms with Crippen LogP contribution in [0.1, 0.15) is 22.7 Å². The molecule has 0 saturated carbocycles. The largest absolute Gasteiger partial charge is 0.505 e. The zero-order valence-corrected chi connectivity index (χ0v) is 14.6. The summed E-state index contributed by atoms with van der Waals surface area (Å²) in [6, 6.07) is 14.1. The van der Waals surface area contributed by atoms with Gasteiger partial charge in [-0.1, -0.05) is 36.4 Å². The SMILES string of the molecule is Cc1cccc2c(C(c3ccc4cccnc4c3O)N(C)C)c[nH]c12. The van der Waals surface area contributed by atoms with Gasteiger partial charge < -0.3 is 10.1 Å². The number of hydrogen-bond donors (Lipinski definition) is 2. The number of aromatic nitrogens is 2. The molecule has 2 aromatic heterocycles. The summed E-state index contributed by atoms with van der Waals surface area (Å²) in [6.07, 6.45) is 3.76. The highest BCUT2D eigenvalue weighted by atomic mass is 16.3. The van der Waals surface area contributed by atoms with Gasteiger partial charge in [0.2, 0.25) is 0 Å². The summed E-state index contributed by atoms with van der Waals surface area (Å²) < 4.78 is 0. The number of aromatic amines is 1. The van der Waals surface area contributed by atoms with Crippen LogP contribution >= 0.6 is 0 Å². The predicted octanol–water partition coefficient (Wildman–Crippen LogP) is 4.38. The summed E-state index contributed by atoms with van der Waals surface area (Å²) in [5, 5.41) is 13.0. The summed E-state index contributed by atoms with van der Waals surface area (Å²) in [6.45, 7) is 2.10. The van der Waals surface area contributed by atoms with Gasteiger partial charge in [0.1, 0.15) is 11.3 Å². The van der Waals surface area contributed by atoms with Crippen LogP contribution in [0.15, 0.2) is 54.9 Å². The fraction of sp³-hybridized carbons (Fsp3) is 0.190. The number of nitrogens with one attached hydrogen (secondary N) is 1. The molecule has 0 bridgehead atoms. The smallest absolute Gasteiger partial charge is 0.146 e. The maximum absolute atomic E-state index is 10.9. The van der Waals surface area contributed by atoms with Crippen LogP contribution in [0.5, 0.6) is 5.75 Å². The number of phenols is 1. The molecular formula is C21H21N3O. The van der Waals surface area contributed by atoms with Crippen molar-refractivity contribution in [2.45, 2.75) is 13.0 Å². The van der Waals surface area contributed by atoms with E-state index in [9.17, 15) is 5.11 Å². The molecule has 2 aromatic carbocycles. The van der Waals surface area contributed by atoms with Gasteiger partial charge in [0, 0.05) is 34.2 Å². The van der Waals surface area contributed by atoms with Crippen molar-refractivity contribution in [2.24, 2.45) is 0 Å². The first-order chi connectivity index (χ1) is 12.1. The van der Waals surface area contributed by atoms with Gasteiger partial charge in [-0.3, -0.25) is 9.88 Å². The van der Waals surface area contributed by atoms with Crippen molar-refractivity contribution in [3.63, 3.8) is 0 Å². The van der Waals surface area contributed by atoms with E-state index in [-0.39, 0.29) is 11.8 Å². The van der Waals surface area contributed by atoms with Crippen molar-refractivity contribution >= 4 is 21.8 Å². The van der Waals surface area contributed by atoms with Crippen molar-refractivity contribution in [1.82, 2.24) is 14.9 Å². The number of aryl methyl sites for hydroxylation is 1. The summed E-state index contributed by atoms with van der Waals surface area (Å²) in [5.41, 5.74) is 5.00. The van der Waals surface area contributed by atoms with Crippen LogP contribution in [0.2, 0.25) is 0 Å². The lowest BCUT2D eigenvalue weighted by atomic mass is 9.94. The second kappa shape index (κ2) is 5.90. The Hall–Kier alpha value is -2.85. The van der Waals surface area contributed by atoms with Gasteiger partial charge in [-0.2, -0.15) is 0 Å². The maximum atomic E-state index is 10.9. The number of fused-ring (bicyclic) bond motifs is 2. The second-order valence-corrected chi connectivity index (χ2v) is 6.69. The van der Waals surface area contributed by atoms with Gasteiger partial charge in [-0.05, 0) is 38.2 Å². The number of hydrogen-bond acceptors (Lipinski definition) is 3. The van der Waals surface area contributed by atoms with Gasteiger partial charge in [-0.25, -0.2) is 0 Å². The predicted molar refractivity (Wildman–Crippen MR) is 102 cm³/mol. The molecule has 0 saturated heterocycles. The number of pyridine rings is 1. The van der Waals surface area contributed by atoms with Crippen molar-refractivity contribution < 1.29 is 5.11 Å². The van der Waals surface area contributed by atoms with E-state index in [4.69, 9.17) is 0 Å². The Morgan fingerprint density at radius 2 is 1.88 bits per heavy atom. The minimum Gasteiger partial charge on any atom is -0.505 e. The molecule has 0 spiro atoms. The molecule has 25 heavy (non-hydrogen) atoms. The molecule has 0 radical (unpaired) electrons. The third-order valence-corrected chi connectivity index (χ3v) is 4.84. The van der Waals surface area contributed by atoms with Crippen LogP contribution < -0.4 is 0 Å². The fourth-order valence-electron chi connectivity index (χ4n) is 3.64. The first kappa shape index (κ1) is 15.7. The zero-order chi connectivity index (χ0) is 17.6. The number of nitrogens with zero attached hydrogens (tertiary/aromatic N) is 2. The summed E-state index contributed by atoms with van der Waals surface area (Å²) in [5.74, 6) is 0.249. The van der Waals surface area contributed by atoms with Crippen molar-refractivity contribution in [2.75, 3.05) is 14.1 Å². The number of aromatic hydroxyl groups is 1. The highest BCUT2D eigenvalue weighted by molar-refractivity contribution is 5.89. The Morgan fingerprint density at radius 1 is 1.04 bits per heavy atom. The first-order valence-corrected chi connectivity index (χ1v) is 8.37. The van der Waals surface area contributed by atoms with Crippen LogP contribution in [0.4, 0.5) is 0 Å². The fourth-order valence-corrected chi connectivity index (χ4v) is 3.64. The van der Waals surface area contributed by atoms with Crippen LogP contribution in [0.3, 0.4) is 0 Å². The average molecular weight is 331 g/mol. The molecule has 0 fully saturated rings. The molecule has 0 aliphatic heterocycles. The van der Waals surface area contributed by atoms with E-state index in [1.54, 1.807) is 6.20 Å². The second-order valence-electron chi connectivity index (χ2n) is 6.69. The zero-order valence-electron chi connectivity index (χ0n) is 14.6. The standard InChI is InChI=1S/C21H21N3O/c1-13-6-4-8-15-17(12-23-18(13)15)20(24(2)3)16-10-9-14-7-5-11-22-19(14)21(16)25/h4-12,20,23,25H,1-3H3. The molecule has 4 heteroatoms. The van der Waals surface area contributed by atoms with Gasteiger partial charge in [-0.15, -0.1) is 0 Å². The normalized spacial score (nSPS) is 13.0. The molecule has 0 aliphatic carbocycles. The lowest BCUT2D eigenvalue weighted by Crippen LogP contribution is -2.21. The van der Waals surface area contributed by atoms with Crippen LogP contribution in [0.25, 0.3) is 21.8 Å². The van der Waals surface area contributed by atoms with Gasteiger partial charge in [0.25, 0.3) is 0 Å². The molecule has 0 amide bonds. The third-order valence-electron chi connectivity index (χ3n) is 4.84. The van der Waals surface area contributed by atoms with Crippen molar-refractivity contribution in [3.05, 3.63) is 71.5 Å². The number of phenolic OH excluding ortho intramolecular Hbond substituents is 1. The third kappa shape index (κ3) is 2.46. The molecule has 2 N–H and O–H groups in total. The lowest BCUT2D eigenvalue weighted by molar-refractivity contribution is 0.334. The highest BCUT2D eigenvalue weighted by Crippen LogP contribution is 2.39. The van der Waals surface area contributed by atoms with Crippen molar-refractivity contribution in [3.8, 4) is 5.75 Å². The highest BCUT2D eigenvalue weighted by Gasteiger charge is 2.24. The molecule has 0 aliphatic rings. The Bertz CT molecular complexity index is 1070. The number of rotatable bonds is 3. The van der Waals surface area contributed by atoms with Crippen molar-refractivity contribution in [1.29, 1.82) is 0 Å². The molecule has 4 nitrogen and oxygen atoms in total. The molecule has 1 unspecified atom stereocenters. The first-order valence-electron chi connectivity index (χ1n) is 8.37. The van der Waals surface area contributed by atoms with E-state index in [2.05, 4.69) is 40.0 Å². The average Bonchev–Trinajstić information content (AvgIpc) is 3.02. The van der Waals surface area contributed by atoms with Crippen LogP contribution in [0, 0.1) is 6.92 Å². The van der Waals surface area contributed by atoms with Gasteiger partial charge in [0.05, 0.1) is 6.04 Å². The molecule has 4 rings (SSSR count). The summed E-state index contributed by atoms with van der Waals surface area (Å²) in [4.78, 5) is 9.88. The number of benzene rings is 2. The molecular weight excluding hydrogens is 310 g/mol. The topological polar surface area (TPSA) is 52.2 Å². The Balaban J connectivity index is 1.96. The Labute approximate surface area is 146 Å². The van der Waals surface area contributed by atoms with E-state index in [1.807, 2.05) is 44.6 Å². The number of H-pyrrole nitrogens is 1. The van der Waals surface area contributed by atoms with Gasteiger partial charge >= 0.3 is 0 Å². The van der Waals surface area contributed by atoms with Gasteiger partial charge in [0.15, 0.2) is 0 Å².